The van der Waals surface area contributed by atoms with E-state index < -0.39 is 17.3 Å². The van der Waals surface area contributed by atoms with Crippen molar-refractivity contribution >= 4 is 17.3 Å². The minimum Gasteiger partial charge on any atom is -0.478 e. The number of aromatic carboxylic acids is 1. The van der Waals surface area contributed by atoms with Crippen LogP contribution in [0.15, 0.2) is 34.9 Å². The molecule has 0 saturated carbocycles. The Kier molecular flexibility index (Phi) is 3.70. The van der Waals surface area contributed by atoms with E-state index in [-0.39, 0.29) is 5.69 Å². The van der Waals surface area contributed by atoms with Crippen LogP contribution in [0, 0.1) is 5.82 Å². The Bertz CT molecular complexity index is 582. The number of carboxylic acids is 1. The van der Waals surface area contributed by atoms with Gasteiger partial charge in [-0.05, 0) is 24.3 Å². The van der Waals surface area contributed by atoms with Crippen LogP contribution in [-0.2, 0) is 6.42 Å². The Morgan fingerprint density at radius 1 is 1.47 bits per heavy atom. The van der Waals surface area contributed by atoms with Crippen LogP contribution in [0.2, 0.25) is 0 Å². The number of carbonyl (C=O) groups is 1. The Hall–Kier alpha value is -2.50. The molecule has 0 fully saturated rings. The summed E-state index contributed by atoms with van der Waals surface area (Å²) >= 11 is 0. The van der Waals surface area contributed by atoms with Crippen LogP contribution in [0.3, 0.4) is 0 Å². The molecule has 6 heteroatoms. The lowest BCUT2D eigenvalue weighted by atomic mass is 10.1. The number of anilines is 2. The maximum absolute atomic E-state index is 13.5. The quantitative estimate of drug-likeness (QED) is 0.721. The van der Waals surface area contributed by atoms with E-state index in [1.165, 1.54) is 0 Å². The highest BCUT2D eigenvalue weighted by molar-refractivity contribution is 5.90. The molecule has 0 aliphatic rings. The monoisotopic (exact) mass is 264 g/mol. The van der Waals surface area contributed by atoms with Gasteiger partial charge in [0, 0.05) is 13.0 Å². The van der Waals surface area contributed by atoms with E-state index in [9.17, 15) is 9.18 Å². The Labute approximate surface area is 108 Å². The lowest BCUT2D eigenvalue weighted by molar-refractivity contribution is 0.0692. The third-order valence-electron chi connectivity index (χ3n) is 2.64. The third-order valence-corrected chi connectivity index (χ3v) is 2.64. The minimum absolute atomic E-state index is 0.193. The molecule has 19 heavy (non-hydrogen) atoms. The van der Waals surface area contributed by atoms with E-state index in [0.29, 0.717) is 18.7 Å². The van der Waals surface area contributed by atoms with Crippen molar-refractivity contribution in [1.29, 1.82) is 0 Å². The number of nitrogen functional groups attached to an aromatic ring is 1. The zero-order chi connectivity index (χ0) is 13.8. The Morgan fingerprint density at radius 3 is 2.89 bits per heavy atom. The molecule has 0 bridgehead atoms. The molecular formula is C13H13FN2O3. The van der Waals surface area contributed by atoms with Gasteiger partial charge in [0.1, 0.15) is 11.6 Å². The second-order valence-electron chi connectivity index (χ2n) is 3.98. The maximum Gasteiger partial charge on any atom is 0.338 e. The first-order valence-corrected chi connectivity index (χ1v) is 5.66. The summed E-state index contributed by atoms with van der Waals surface area (Å²) in [6, 6.07) is 5.80. The van der Waals surface area contributed by atoms with Gasteiger partial charge >= 0.3 is 5.97 Å². The predicted molar refractivity (Wildman–Crippen MR) is 68.7 cm³/mol. The summed E-state index contributed by atoms with van der Waals surface area (Å²) in [7, 11) is 0. The molecule has 100 valence electrons. The molecule has 1 aromatic heterocycles. The fraction of sp³-hybridized carbons (Fsp3) is 0.154. The molecule has 1 aromatic carbocycles. The first-order valence-electron chi connectivity index (χ1n) is 5.66. The van der Waals surface area contributed by atoms with E-state index in [1.54, 1.807) is 12.3 Å². The van der Waals surface area contributed by atoms with Crippen molar-refractivity contribution < 1.29 is 18.7 Å². The molecule has 5 nitrogen and oxygen atoms in total. The normalized spacial score (nSPS) is 10.4. The van der Waals surface area contributed by atoms with Crippen LogP contribution in [-0.4, -0.2) is 17.6 Å². The zero-order valence-corrected chi connectivity index (χ0v) is 10.0. The average Bonchev–Trinajstić information content (AvgIpc) is 2.85. The van der Waals surface area contributed by atoms with Gasteiger partial charge in [0.2, 0.25) is 0 Å². The summed E-state index contributed by atoms with van der Waals surface area (Å²) in [5.74, 6) is -1.36. The summed E-state index contributed by atoms with van der Waals surface area (Å²) in [5.41, 5.74) is 5.80. The second kappa shape index (κ2) is 5.43. The van der Waals surface area contributed by atoms with Crippen LogP contribution >= 0.6 is 0 Å². The smallest absolute Gasteiger partial charge is 0.338 e. The van der Waals surface area contributed by atoms with Crippen molar-refractivity contribution in [3.8, 4) is 0 Å². The summed E-state index contributed by atoms with van der Waals surface area (Å²) in [5, 5.41) is 11.7. The van der Waals surface area contributed by atoms with Gasteiger partial charge in [-0.25, -0.2) is 9.18 Å². The summed E-state index contributed by atoms with van der Waals surface area (Å²) in [6.07, 6.45) is 2.19. The summed E-state index contributed by atoms with van der Waals surface area (Å²) in [6.45, 7) is 0.504. The van der Waals surface area contributed by atoms with Gasteiger partial charge in [-0.15, -0.1) is 0 Å². The van der Waals surface area contributed by atoms with Gasteiger partial charge in [0.25, 0.3) is 0 Å². The molecule has 0 aliphatic heterocycles. The van der Waals surface area contributed by atoms with Crippen molar-refractivity contribution in [2.24, 2.45) is 0 Å². The number of hydrogen-bond acceptors (Lipinski definition) is 4. The molecule has 4 N–H and O–H groups in total. The average molecular weight is 264 g/mol. The molecule has 0 saturated heterocycles. The van der Waals surface area contributed by atoms with Crippen LogP contribution in [0.4, 0.5) is 15.8 Å². The second-order valence-corrected chi connectivity index (χ2v) is 3.98. The van der Waals surface area contributed by atoms with Gasteiger partial charge in [0.05, 0.1) is 23.2 Å². The molecule has 0 amide bonds. The number of carboxylic acid groups (broad SMARTS) is 1. The zero-order valence-electron chi connectivity index (χ0n) is 10.0. The van der Waals surface area contributed by atoms with Crippen molar-refractivity contribution in [3.05, 3.63) is 47.7 Å². The number of hydrogen-bond donors (Lipinski definition) is 3. The molecule has 0 atom stereocenters. The maximum atomic E-state index is 13.5. The largest absolute Gasteiger partial charge is 0.478 e. The Morgan fingerprint density at radius 2 is 2.26 bits per heavy atom. The number of rotatable bonds is 5. The van der Waals surface area contributed by atoms with Crippen molar-refractivity contribution in [2.45, 2.75) is 6.42 Å². The van der Waals surface area contributed by atoms with Gasteiger partial charge in [-0.2, -0.15) is 0 Å². The summed E-state index contributed by atoms with van der Waals surface area (Å²) < 4.78 is 18.6. The van der Waals surface area contributed by atoms with E-state index in [2.05, 4.69) is 5.32 Å². The van der Waals surface area contributed by atoms with Gasteiger partial charge < -0.3 is 20.6 Å². The molecule has 2 aromatic rings. The van der Waals surface area contributed by atoms with Gasteiger partial charge in [0.15, 0.2) is 0 Å². The van der Waals surface area contributed by atoms with Crippen molar-refractivity contribution in [1.82, 2.24) is 0 Å². The van der Waals surface area contributed by atoms with Gasteiger partial charge in [-0.1, -0.05) is 0 Å². The van der Waals surface area contributed by atoms with E-state index in [1.807, 2.05) is 6.07 Å². The van der Waals surface area contributed by atoms with E-state index in [4.69, 9.17) is 15.3 Å². The van der Waals surface area contributed by atoms with Crippen LogP contribution in [0.25, 0.3) is 0 Å². The SMILES string of the molecule is Nc1cc(C(=O)O)c(F)cc1NCCc1ccco1. The third kappa shape index (κ3) is 3.04. The fourth-order valence-corrected chi connectivity index (χ4v) is 1.68. The van der Waals surface area contributed by atoms with Crippen LogP contribution in [0.5, 0.6) is 0 Å². The molecule has 1 heterocycles. The van der Waals surface area contributed by atoms with Crippen LogP contribution in [0.1, 0.15) is 16.1 Å². The molecule has 0 aliphatic carbocycles. The van der Waals surface area contributed by atoms with E-state index >= 15 is 0 Å². The van der Waals surface area contributed by atoms with Crippen molar-refractivity contribution in [2.75, 3.05) is 17.6 Å². The predicted octanol–water partition coefficient (Wildman–Crippen LogP) is 2.35. The van der Waals surface area contributed by atoms with E-state index in [0.717, 1.165) is 17.9 Å². The highest BCUT2D eigenvalue weighted by Gasteiger charge is 2.13. The number of benzene rings is 1. The molecule has 2 rings (SSSR count). The highest BCUT2D eigenvalue weighted by atomic mass is 19.1. The lowest BCUT2D eigenvalue weighted by Crippen LogP contribution is -2.09. The molecule has 0 radical (unpaired) electrons. The van der Waals surface area contributed by atoms with Crippen LogP contribution < -0.4 is 11.1 Å². The molecular weight excluding hydrogens is 251 g/mol. The fourth-order valence-electron chi connectivity index (χ4n) is 1.68. The number of nitrogens with one attached hydrogen (secondary N) is 1. The summed E-state index contributed by atoms with van der Waals surface area (Å²) in [4.78, 5) is 10.7. The molecule has 0 unspecified atom stereocenters. The Balaban J connectivity index is 2.04. The van der Waals surface area contributed by atoms with Crippen molar-refractivity contribution in [3.63, 3.8) is 0 Å². The minimum atomic E-state index is -1.34. The topological polar surface area (TPSA) is 88.5 Å². The standard InChI is InChI=1S/C13H13FN2O3/c14-10-7-12(11(15)6-9(10)13(17)18)16-4-3-8-2-1-5-19-8/h1-2,5-7,16H,3-4,15H2,(H,17,18). The number of furan rings is 1. The first kappa shape index (κ1) is 12.9. The first-order chi connectivity index (χ1) is 9.08. The molecule has 0 spiro atoms. The van der Waals surface area contributed by atoms with Gasteiger partial charge in [-0.3, -0.25) is 0 Å². The highest BCUT2D eigenvalue weighted by Crippen LogP contribution is 2.23. The lowest BCUT2D eigenvalue weighted by Gasteiger charge is -2.10. The number of halogens is 1. The number of nitrogens with two attached hydrogens (primary N) is 1.